The lowest BCUT2D eigenvalue weighted by molar-refractivity contribution is -0.151. The summed E-state index contributed by atoms with van der Waals surface area (Å²) in [5, 5.41) is 18.1. The zero-order valence-corrected chi connectivity index (χ0v) is 10.8. The monoisotopic (exact) mass is 266 g/mol. The Morgan fingerprint density at radius 1 is 1.42 bits per heavy atom. The van der Waals surface area contributed by atoms with Gasteiger partial charge < -0.3 is 14.7 Å². The van der Waals surface area contributed by atoms with Gasteiger partial charge in [-0.1, -0.05) is 12.8 Å². The van der Waals surface area contributed by atoms with Gasteiger partial charge in [0, 0.05) is 13.1 Å². The number of hydrogen-bond donors (Lipinski definition) is 1. The zero-order valence-electron chi connectivity index (χ0n) is 10.8. The number of carbonyl (C=O) groups is 2. The zero-order chi connectivity index (χ0) is 13.9. The molecule has 1 unspecified atom stereocenters. The number of hydrogen-bond acceptors (Lipinski definition) is 4. The van der Waals surface area contributed by atoms with Gasteiger partial charge in [-0.2, -0.15) is 5.26 Å². The van der Waals surface area contributed by atoms with Crippen molar-refractivity contribution in [2.45, 2.75) is 38.2 Å². The van der Waals surface area contributed by atoms with E-state index < -0.39 is 17.5 Å². The number of amides is 1. The van der Waals surface area contributed by atoms with E-state index in [0.29, 0.717) is 26.0 Å². The molecule has 1 amide bonds. The highest BCUT2D eigenvalue weighted by atomic mass is 16.5. The first-order chi connectivity index (χ1) is 9.07. The molecule has 2 fully saturated rings. The number of carboxylic acids is 1. The van der Waals surface area contributed by atoms with Gasteiger partial charge in [0.25, 0.3) is 0 Å². The molecular weight excluding hydrogens is 248 g/mol. The summed E-state index contributed by atoms with van der Waals surface area (Å²) in [6.45, 7) is 1.05. The van der Waals surface area contributed by atoms with Gasteiger partial charge in [0.05, 0.1) is 25.2 Å². The summed E-state index contributed by atoms with van der Waals surface area (Å²) in [5.41, 5.74) is -0.884. The smallest absolute Gasteiger partial charge is 0.306 e. The molecule has 0 aromatic rings. The predicted octanol–water partition coefficient (Wildman–Crippen LogP) is 0.772. The Morgan fingerprint density at radius 2 is 2.11 bits per heavy atom. The predicted molar refractivity (Wildman–Crippen MR) is 65.1 cm³/mol. The molecule has 0 aromatic heterocycles. The van der Waals surface area contributed by atoms with Crippen LogP contribution in [-0.4, -0.2) is 47.7 Å². The first-order valence-corrected chi connectivity index (χ1v) is 6.61. The molecule has 0 spiro atoms. The third kappa shape index (κ3) is 2.87. The van der Waals surface area contributed by atoms with Crippen LogP contribution < -0.4 is 0 Å². The molecule has 0 aromatic carbocycles. The number of aliphatic carboxylic acids is 1. The van der Waals surface area contributed by atoms with Crippen molar-refractivity contribution in [3.05, 3.63) is 0 Å². The molecule has 104 valence electrons. The molecule has 6 nitrogen and oxygen atoms in total. The fourth-order valence-electron chi connectivity index (χ4n) is 2.88. The second-order valence-electron chi connectivity index (χ2n) is 5.24. The van der Waals surface area contributed by atoms with Gasteiger partial charge in [-0.3, -0.25) is 9.59 Å². The van der Waals surface area contributed by atoms with E-state index in [-0.39, 0.29) is 18.9 Å². The lowest BCUT2D eigenvalue weighted by Crippen LogP contribution is -2.51. The molecule has 0 radical (unpaired) electrons. The lowest BCUT2D eigenvalue weighted by Gasteiger charge is -2.36. The van der Waals surface area contributed by atoms with E-state index in [1.165, 1.54) is 0 Å². The number of rotatable bonds is 3. The van der Waals surface area contributed by atoms with E-state index in [4.69, 9.17) is 9.84 Å². The molecule has 2 aliphatic rings. The van der Waals surface area contributed by atoms with Crippen molar-refractivity contribution in [3.8, 4) is 6.07 Å². The van der Waals surface area contributed by atoms with Crippen molar-refractivity contribution < 1.29 is 19.4 Å². The van der Waals surface area contributed by atoms with Crippen LogP contribution in [0.25, 0.3) is 0 Å². The third-order valence-corrected chi connectivity index (χ3v) is 3.91. The van der Waals surface area contributed by atoms with Gasteiger partial charge >= 0.3 is 5.97 Å². The molecule has 1 saturated carbocycles. The fourth-order valence-corrected chi connectivity index (χ4v) is 2.88. The fraction of sp³-hybridized carbons (Fsp3) is 0.769. The van der Waals surface area contributed by atoms with Gasteiger partial charge in [0.15, 0.2) is 0 Å². The van der Waals surface area contributed by atoms with E-state index in [2.05, 4.69) is 6.07 Å². The van der Waals surface area contributed by atoms with Crippen LogP contribution in [0.15, 0.2) is 0 Å². The summed E-state index contributed by atoms with van der Waals surface area (Å²) in [6.07, 6.45) is 2.47. The Kier molecular flexibility index (Phi) is 4.05. The lowest BCUT2D eigenvalue weighted by atomic mass is 9.86. The third-order valence-electron chi connectivity index (χ3n) is 3.91. The van der Waals surface area contributed by atoms with Crippen LogP contribution in [0.5, 0.6) is 0 Å². The number of carbonyl (C=O) groups excluding carboxylic acids is 1. The van der Waals surface area contributed by atoms with E-state index in [1.807, 2.05) is 0 Å². The maximum atomic E-state index is 12.5. The average molecular weight is 266 g/mol. The van der Waals surface area contributed by atoms with Crippen LogP contribution >= 0.6 is 0 Å². The van der Waals surface area contributed by atoms with E-state index in [1.54, 1.807) is 4.90 Å². The SMILES string of the molecule is N#CC1(C(=O)N2CCOC(CC(=O)O)C2)CCCC1. The molecule has 0 bridgehead atoms. The highest BCUT2D eigenvalue weighted by molar-refractivity contribution is 5.86. The normalized spacial score (nSPS) is 25.8. The van der Waals surface area contributed by atoms with Gasteiger partial charge in [-0.05, 0) is 12.8 Å². The molecule has 2 rings (SSSR count). The summed E-state index contributed by atoms with van der Waals surface area (Å²) in [7, 11) is 0. The van der Waals surface area contributed by atoms with Crippen LogP contribution in [0.4, 0.5) is 0 Å². The average Bonchev–Trinajstić information content (AvgIpc) is 2.87. The van der Waals surface area contributed by atoms with Crippen LogP contribution in [-0.2, 0) is 14.3 Å². The quantitative estimate of drug-likeness (QED) is 0.814. The summed E-state index contributed by atoms with van der Waals surface area (Å²) in [5.74, 6) is -1.08. The molecule has 1 aliphatic heterocycles. The second-order valence-corrected chi connectivity index (χ2v) is 5.24. The molecule has 1 saturated heterocycles. The Morgan fingerprint density at radius 3 is 2.68 bits per heavy atom. The number of ether oxygens (including phenoxy) is 1. The first-order valence-electron chi connectivity index (χ1n) is 6.61. The van der Waals surface area contributed by atoms with Crippen molar-refractivity contribution in [2.75, 3.05) is 19.7 Å². The molecule has 1 atom stereocenters. The van der Waals surface area contributed by atoms with Crippen LogP contribution in [0, 0.1) is 16.7 Å². The van der Waals surface area contributed by atoms with E-state index >= 15 is 0 Å². The standard InChI is InChI=1S/C13H18N2O4/c14-9-13(3-1-2-4-13)12(18)15-5-6-19-10(8-15)7-11(16)17/h10H,1-8H2,(H,16,17). The molecule has 1 N–H and O–H groups in total. The van der Waals surface area contributed by atoms with E-state index in [0.717, 1.165) is 12.8 Å². The second kappa shape index (κ2) is 5.57. The van der Waals surface area contributed by atoms with Crippen molar-refractivity contribution in [2.24, 2.45) is 5.41 Å². The van der Waals surface area contributed by atoms with Crippen molar-refractivity contribution in [1.29, 1.82) is 5.26 Å². The largest absolute Gasteiger partial charge is 0.481 e. The Balaban J connectivity index is 2.03. The van der Waals surface area contributed by atoms with Crippen LogP contribution in [0.1, 0.15) is 32.1 Å². The van der Waals surface area contributed by atoms with Crippen molar-refractivity contribution in [3.63, 3.8) is 0 Å². The molecule has 6 heteroatoms. The van der Waals surface area contributed by atoms with Gasteiger partial charge in [-0.15, -0.1) is 0 Å². The molecular formula is C13H18N2O4. The van der Waals surface area contributed by atoms with Gasteiger partial charge in [0.2, 0.25) is 5.91 Å². The highest BCUT2D eigenvalue weighted by Gasteiger charge is 2.45. The maximum Gasteiger partial charge on any atom is 0.306 e. The number of nitrogens with zero attached hydrogens (tertiary/aromatic N) is 2. The van der Waals surface area contributed by atoms with Crippen LogP contribution in [0.3, 0.4) is 0 Å². The summed E-state index contributed by atoms with van der Waals surface area (Å²) in [4.78, 5) is 24.8. The maximum absolute atomic E-state index is 12.5. The Bertz CT molecular complexity index is 409. The molecule has 1 heterocycles. The number of carboxylic acid groups (broad SMARTS) is 1. The Labute approximate surface area is 111 Å². The minimum Gasteiger partial charge on any atom is -0.481 e. The minimum absolute atomic E-state index is 0.108. The minimum atomic E-state index is -0.935. The Hall–Kier alpha value is -1.61. The van der Waals surface area contributed by atoms with E-state index in [9.17, 15) is 14.9 Å². The summed E-state index contributed by atoms with van der Waals surface area (Å²) in [6, 6.07) is 2.18. The van der Waals surface area contributed by atoms with Gasteiger partial charge in [0.1, 0.15) is 5.41 Å². The first kappa shape index (κ1) is 13.8. The van der Waals surface area contributed by atoms with Crippen LogP contribution in [0.2, 0.25) is 0 Å². The number of morpholine rings is 1. The summed E-state index contributed by atoms with van der Waals surface area (Å²) >= 11 is 0. The molecule has 19 heavy (non-hydrogen) atoms. The number of nitriles is 1. The van der Waals surface area contributed by atoms with Crippen molar-refractivity contribution in [1.82, 2.24) is 4.90 Å². The molecule has 1 aliphatic carbocycles. The topological polar surface area (TPSA) is 90.6 Å². The van der Waals surface area contributed by atoms with Crippen molar-refractivity contribution >= 4 is 11.9 Å². The highest BCUT2D eigenvalue weighted by Crippen LogP contribution is 2.39. The summed E-state index contributed by atoms with van der Waals surface area (Å²) < 4.78 is 5.34. The van der Waals surface area contributed by atoms with Gasteiger partial charge in [-0.25, -0.2) is 0 Å².